The fourth-order valence-corrected chi connectivity index (χ4v) is 4.40. The van der Waals surface area contributed by atoms with Gasteiger partial charge in [0, 0.05) is 5.92 Å². The zero-order valence-electron chi connectivity index (χ0n) is 22.1. The Hall–Kier alpha value is -2.98. The third kappa shape index (κ3) is 9.72. The second-order valence-electron chi connectivity index (χ2n) is 9.01. The Morgan fingerprint density at radius 3 is 1.89 bits per heavy atom. The van der Waals surface area contributed by atoms with Gasteiger partial charge in [0.25, 0.3) is 0 Å². The van der Waals surface area contributed by atoms with Crippen molar-refractivity contribution in [2.75, 3.05) is 59.5 Å². The fourth-order valence-electron chi connectivity index (χ4n) is 4.40. The van der Waals surface area contributed by atoms with Crippen molar-refractivity contribution in [2.45, 2.75) is 38.1 Å². The number of ether oxygens (including phenoxy) is 5. The van der Waals surface area contributed by atoms with Gasteiger partial charge >= 0.3 is 12.1 Å². The summed E-state index contributed by atoms with van der Waals surface area (Å²) < 4.78 is 27.4. The lowest BCUT2D eigenvalue weighted by atomic mass is 9.98. The van der Waals surface area contributed by atoms with Crippen LogP contribution in [0.15, 0.2) is 48.5 Å². The van der Waals surface area contributed by atoms with Crippen LogP contribution in [0, 0.1) is 0 Å². The van der Waals surface area contributed by atoms with Gasteiger partial charge in [0.2, 0.25) is 0 Å². The summed E-state index contributed by atoms with van der Waals surface area (Å²) in [4.78, 5) is 23.0. The molecule has 0 bridgehead atoms. The standard InChI is InChI=1S/C29H39NO8/c1-2-7-22(20-37-19-18-36-17-16-35-15-14-34-13-12-28(31)32)30-29(33)38-21-27-25-10-5-3-8-23(25)24-9-4-6-11-26(24)27/h3-6,8-11,22,27H,2,7,12-21H2,1H3,(H,30,33)(H,31,32). The van der Waals surface area contributed by atoms with E-state index in [0.29, 0.717) is 46.2 Å². The van der Waals surface area contributed by atoms with Crippen molar-refractivity contribution >= 4 is 12.1 Å². The van der Waals surface area contributed by atoms with E-state index in [1.165, 1.54) is 22.3 Å². The van der Waals surface area contributed by atoms with Crippen LogP contribution in [-0.4, -0.2) is 82.7 Å². The molecule has 0 heterocycles. The Labute approximate surface area is 224 Å². The van der Waals surface area contributed by atoms with Crippen molar-refractivity contribution in [2.24, 2.45) is 0 Å². The van der Waals surface area contributed by atoms with E-state index >= 15 is 0 Å². The van der Waals surface area contributed by atoms with E-state index in [4.69, 9.17) is 28.8 Å². The van der Waals surface area contributed by atoms with Crippen LogP contribution in [0.3, 0.4) is 0 Å². The van der Waals surface area contributed by atoms with Crippen LogP contribution in [0.1, 0.15) is 43.2 Å². The van der Waals surface area contributed by atoms with Crippen LogP contribution < -0.4 is 5.32 Å². The quantitative estimate of drug-likeness (QED) is 0.260. The van der Waals surface area contributed by atoms with Gasteiger partial charge in [0.15, 0.2) is 0 Å². The topological polar surface area (TPSA) is 113 Å². The monoisotopic (exact) mass is 529 g/mol. The highest BCUT2D eigenvalue weighted by molar-refractivity contribution is 5.79. The summed E-state index contributed by atoms with van der Waals surface area (Å²) in [6, 6.07) is 16.4. The van der Waals surface area contributed by atoms with E-state index in [-0.39, 0.29) is 31.6 Å². The second-order valence-corrected chi connectivity index (χ2v) is 9.01. The molecular weight excluding hydrogens is 490 g/mol. The van der Waals surface area contributed by atoms with Gasteiger partial charge in [-0.15, -0.1) is 0 Å². The second kappa shape index (κ2) is 16.8. The van der Waals surface area contributed by atoms with Crippen LogP contribution in [0.25, 0.3) is 11.1 Å². The molecule has 1 aliphatic carbocycles. The Morgan fingerprint density at radius 1 is 0.816 bits per heavy atom. The van der Waals surface area contributed by atoms with Crippen molar-refractivity contribution in [3.8, 4) is 11.1 Å². The highest BCUT2D eigenvalue weighted by Crippen LogP contribution is 2.44. The van der Waals surface area contributed by atoms with Crippen LogP contribution >= 0.6 is 0 Å². The van der Waals surface area contributed by atoms with Gasteiger partial charge < -0.3 is 34.1 Å². The Kier molecular flexibility index (Phi) is 13.1. The minimum Gasteiger partial charge on any atom is -0.481 e. The van der Waals surface area contributed by atoms with Crippen LogP contribution in [0.5, 0.6) is 0 Å². The summed E-state index contributed by atoms with van der Waals surface area (Å²) in [5, 5.41) is 11.5. The number of carboxylic acids is 1. The maximum absolute atomic E-state index is 12.6. The smallest absolute Gasteiger partial charge is 0.407 e. The first-order chi connectivity index (χ1) is 18.6. The molecule has 1 unspecified atom stereocenters. The number of rotatable bonds is 19. The van der Waals surface area contributed by atoms with E-state index in [9.17, 15) is 9.59 Å². The molecule has 9 heteroatoms. The number of benzene rings is 2. The molecule has 0 fully saturated rings. The molecule has 0 radical (unpaired) electrons. The van der Waals surface area contributed by atoms with Gasteiger partial charge in [-0.05, 0) is 28.7 Å². The molecule has 2 aromatic carbocycles. The number of alkyl carbamates (subject to hydrolysis) is 1. The summed E-state index contributed by atoms with van der Waals surface area (Å²) in [5.41, 5.74) is 4.77. The van der Waals surface area contributed by atoms with E-state index in [1.807, 2.05) is 24.3 Å². The number of carboxylic acid groups (broad SMARTS) is 1. The number of hydrogen-bond donors (Lipinski definition) is 2. The van der Waals surface area contributed by atoms with Gasteiger partial charge in [-0.1, -0.05) is 61.9 Å². The van der Waals surface area contributed by atoms with Gasteiger partial charge in [-0.25, -0.2) is 4.79 Å². The molecule has 0 spiro atoms. The molecule has 208 valence electrons. The summed E-state index contributed by atoms with van der Waals surface area (Å²) >= 11 is 0. The SMILES string of the molecule is CCCC(COCCOCCOCCOCCC(=O)O)NC(=O)OCC1c2ccccc2-c2ccccc21. The Morgan fingerprint density at radius 2 is 1.34 bits per heavy atom. The van der Waals surface area contributed by atoms with Crippen molar-refractivity contribution < 1.29 is 38.4 Å². The van der Waals surface area contributed by atoms with Gasteiger partial charge in [-0.3, -0.25) is 4.79 Å². The molecule has 0 aliphatic heterocycles. The molecule has 1 amide bonds. The maximum atomic E-state index is 12.6. The molecule has 0 saturated carbocycles. The number of carbonyl (C=O) groups excluding carboxylic acids is 1. The van der Waals surface area contributed by atoms with Crippen molar-refractivity contribution in [3.63, 3.8) is 0 Å². The largest absolute Gasteiger partial charge is 0.481 e. The van der Waals surface area contributed by atoms with E-state index in [0.717, 1.165) is 12.8 Å². The highest BCUT2D eigenvalue weighted by atomic mass is 16.6. The summed E-state index contributed by atoms with van der Waals surface area (Å²) in [6.07, 6.45) is 1.25. The average Bonchev–Trinajstić information content (AvgIpc) is 3.23. The molecule has 1 aliphatic rings. The number of aliphatic carboxylic acids is 1. The average molecular weight is 530 g/mol. The number of amides is 1. The number of carbonyl (C=O) groups is 2. The van der Waals surface area contributed by atoms with Crippen LogP contribution in [-0.2, 0) is 28.5 Å². The number of hydrogen-bond acceptors (Lipinski definition) is 7. The lowest BCUT2D eigenvalue weighted by Gasteiger charge is -2.20. The first kappa shape index (κ1) is 29.6. The maximum Gasteiger partial charge on any atom is 0.407 e. The molecule has 38 heavy (non-hydrogen) atoms. The zero-order valence-corrected chi connectivity index (χ0v) is 22.1. The summed E-state index contributed by atoms with van der Waals surface area (Å²) in [6.45, 7) is 5.32. The highest BCUT2D eigenvalue weighted by Gasteiger charge is 2.29. The Balaban J connectivity index is 1.27. The molecule has 9 nitrogen and oxygen atoms in total. The molecular formula is C29H39NO8. The normalized spacial score (nSPS) is 13.1. The predicted octanol–water partition coefficient (Wildman–Crippen LogP) is 4.23. The van der Waals surface area contributed by atoms with Crippen LogP contribution in [0.4, 0.5) is 4.79 Å². The molecule has 3 rings (SSSR count). The van der Waals surface area contributed by atoms with E-state index in [2.05, 4.69) is 36.5 Å². The fraction of sp³-hybridized carbons (Fsp3) is 0.517. The third-order valence-corrected chi connectivity index (χ3v) is 6.20. The molecule has 2 N–H and O–H groups in total. The molecule has 0 saturated heterocycles. The summed E-state index contributed by atoms with van der Waals surface area (Å²) in [7, 11) is 0. The van der Waals surface area contributed by atoms with Gasteiger partial charge in [0.05, 0.1) is 65.3 Å². The lowest BCUT2D eigenvalue weighted by molar-refractivity contribution is -0.138. The van der Waals surface area contributed by atoms with Crippen molar-refractivity contribution in [1.29, 1.82) is 0 Å². The van der Waals surface area contributed by atoms with Crippen molar-refractivity contribution in [3.05, 3.63) is 59.7 Å². The minimum absolute atomic E-state index is 0.0105. The van der Waals surface area contributed by atoms with Crippen LogP contribution in [0.2, 0.25) is 0 Å². The minimum atomic E-state index is -0.879. The molecule has 1 atom stereocenters. The van der Waals surface area contributed by atoms with Crippen molar-refractivity contribution in [1.82, 2.24) is 5.32 Å². The van der Waals surface area contributed by atoms with Gasteiger partial charge in [-0.2, -0.15) is 0 Å². The Bertz CT molecular complexity index is 953. The van der Waals surface area contributed by atoms with Gasteiger partial charge in [0.1, 0.15) is 6.61 Å². The molecule has 0 aromatic heterocycles. The number of nitrogens with one attached hydrogen (secondary N) is 1. The zero-order chi connectivity index (χ0) is 27.0. The first-order valence-corrected chi connectivity index (χ1v) is 13.2. The lowest BCUT2D eigenvalue weighted by Crippen LogP contribution is -2.39. The summed E-state index contributed by atoms with van der Waals surface area (Å²) in [5.74, 6) is -0.852. The number of fused-ring (bicyclic) bond motifs is 3. The first-order valence-electron chi connectivity index (χ1n) is 13.2. The third-order valence-electron chi connectivity index (χ3n) is 6.20. The predicted molar refractivity (Wildman–Crippen MR) is 142 cm³/mol. The van der Waals surface area contributed by atoms with E-state index < -0.39 is 12.1 Å². The van der Waals surface area contributed by atoms with E-state index in [1.54, 1.807) is 0 Å². The molecule has 2 aromatic rings.